The van der Waals surface area contributed by atoms with Gasteiger partial charge in [0, 0.05) is 19.0 Å². The van der Waals surface area contributed by atoms with E-state index in [2.05, 4.69) is 11.1 Å². The van der Waals surface area contributed by atoms with Crippen molar-refractivity contribution in [2.45, 2.75) is 42.9 Å². The number of anilines is 1. The van der Waals surface area contributed by atoms with E-state index in [1.165, 1.54) is 30.8 Å². The van der Waals surface area contributed by atoms with Crippen LogP contribution in [-0.2, 0) is 27.2 Å². The first-order valence-electron chi connectivity index (χ1n) is 9.21. The Morgan fingerprint density at radius 2 is 2.03 bits per heavy atom. The fourth-order valence-corrected chi connectivity index (χ4v) is 4.65. The fourth-order valence-electron chi connectivity index (χ4n) is 3.55. The molecule has 8 heteroatoms. The van der Waals surface area contributed by atoms with E-state index in [4.69, 9.17) is 4.74 Å². The zero-order valence-electron chi connectivity index (χ0n) is 15.7. The van der Waals surface area contributed by atoms with E-state index in [1.807, 2.05) is 6.07 Å². The summed E-state index contributed by atoms with van der Waals surface area (Å²) < 4.78 is 4.98. The average Bonchev–Trinajstić information content (AvgIpc) is 3.25. The maximum absolute atomic E-state index is 12.9. The first-order valence-corrected chi connectivity index (χ1v) is 10.1. The molecule has 29 heavy (non-hydrogen) atoms. The first-order chi connectivity index (χ1) is 14.0. The van der Waals surface area contributed by atoms with Gasteiger partial charge in [-0.25, -0.2) is 9.88 Å². The van der Waals surface area contributed by atoms with Crippen LogP contribution in [0.4, 0.5) is 5.69 Å². The topological polar surface area (TPSA) is 100 Å². The van der Waals surface area contributed by atoms with Gasteiger partial charge in [-0.15, -0.1) is 0 Å². The first kappa shape index (κ1) is 19.2. The lowest BCUT2D eigenvalue weighted by atomic mass is 10.2. The molecule has 1 aromatic heterocycles. The number of benzene rings is 1. The molecule has 1 aliphatic heterocycles. The number of carbonyl (C=O) groups excluding carboxylic acids is 3. The van der Waals surface area contributed by atoms with Gasteiger partial charge in [0.2, 0.25) is 11.8 Å². The minimum atomic E-state index is -0.630. The van der Waals surface area contributed by atoms with Crippen molar-refractivity contribution in [1.29, 1.82) is 5.26 Å². The third-order valence-corrected chi connectivity index (χ3v) is 6.04. The molecule has 0 bridgehead atoms. The molecule has 0 saturated carbocycles. The molecule has 7 nitrogen and oxygen atoms in total. The predicted octanol–water partition coefficient (Wildman–Crippen LogP) is 2.79. The smallest absolute Gasteiger partial charge is 0.308 e. The van der Waals surface area contributed by atoms with Crippen molar-refractivity contribution >= 4 is 35.2 Å². The summed E-state index contributed by atoms with van der Waals surface area (Å²) in [5.41, 5.74) is 2.93. The number of hydrogen-bond donors (Lipinski definition) is 0. The highest BCUT2D eigenvalue weighted by molar-refractivity contribution is 8.00. The van der Waals surface area contributed by atoms with Gasteiger partial charge < -0.3 is 4.74 Å². The highest BCUT2D eigenvalue weighted by Gasteiger charge is 2.41. The largest absolute Gasteiger partial charge is 0.427 e. The molecule has 0 radical (unpaired) electrons. The number of aromatic nitrogens is 1. The zero-order valence-corrected chi connectivity index (χ0v) is 16.5. The Kier molecular flexibility index (Phi) is 5.07. The van der Waals surface area contributed by atoms with Gasteiger partial charge in [-0.05, 0) is 55.2 Å². The number of thioether (sulfide) groups is 1. The van der Waals surface area contributed by atoms with Crippen LogP contribution in [0.25, 0.3) is 0 Å². The summed E-state index contributed by atoms with van der Waals surface area (Å²) in [7, 11) is 0. The van der Waals surface area contributed by atoms with Gasteiger partial charge in [0.1, 0.15) is 16.8 Å². The van der Waals surface area contributed by atoms with Gasteiger partial charge in [-0.2, -0.15) is 5.26 Å². The highest BCUT2D eigenvalue weighted by atomic mass is 32.2. The van der Waals surface area contributed by atoms with Gasteiger partial charge in [-0.1, -0.05) is 11.8 Å². The maximum Gasteiger partial charge on any atom is 0.308 e. The number of hydrogen-bond acceptors (Lipinski definition) is 7. The molecular weight excluding hydrogens is 390 g/mol. The summed E-state index contributed by atoms with van der Waals surface area (Å²) in [5.74, 6) is -0.760. The molecule has 1 aliphatic carbocycles. The standard InChI is InChI=1S/C21H17N3O4S/c1-12(25)28-16-7-5-15(6-8-16)24-19(26)10-18(21(24)27)29-20-14(11-22)9-13-3-2-4-17(13)23-20/h5-9,18H,2-4,10H2,1H3. The molecule has 2 aliphatic rings. The highest BCUT2D eigenvalue weighted by Crippen LogP contribution is 2.36. The van der Waals surface area contributed by atoms with Crippen LogP contribution < -0.4 is 9.64 Å². The Hall–Kier alpha value is -3.18. The Morgan fingerprint density at radius 1 is 1.28 bits per heavy atom. The summed E-state index contributed by atoms with van der Waals surface area (Å²) >= 11 is 1.18. The van der Waals surface area contributed by atoms with Crippen LogP contribution in [0.2, 0.25) is 0 Å². The molecular formula is C21H17N3O4S. The number of esters is 1. The zero-order chi connectivity index (χ0) is 20.5. The van der Waals surface area contributed by atoms with Crippen LogP contribution in [0.15, 0.2) is 35.4 Å². The van der Waals surface area contributed by atoms with Crippen molar-refractivity contribution in [2.24, 2.45) is 0 Å². The second-order valence-electron chi connectivity index (χ2n) is 6.88. The number of fused-ring (bicyclic) bond motifs is 1. The van der Waals surface area contributed by atoms with Crippen molar-refractivity contribution in [3.8, 4) is 11.8 Å². The summed E-state index contributed by atoms with van der Waals surface area (Å²) in [6.45, 7) is 1.30. The second-order valence-corrected chi connectivity index (χ2v) is 8.07. The number of aryl methyl sites for hydroxylation is 2. The number of imide groups is 1. The van der Waals surface area contributed by atoms with Crippen molar-refractivity contribution in [1.82, 2.24) is 4.98 Å². The Labute approximate surface area is 171 Å². The lowest BCUT2D eigenvalue weighted by Crippen LogP contribution is -2.31. The van der Waals surface area contributed by atoms with E-state index in [9.17, 15) is 19.6 Å². The quantitative estimate of drug-likeness (QED) is 0.436. The lowest BCUT2D eigenvalue weighted by molar-refractivity contribution is -0.132. The molecule has 1 atom stereocenters. The molecule has 2 amide bonds. The normalized spacial score (nSPS) is 17.9. The second kappa shape index (κ2) is 7.68. The molecule has 0 N–H and O–H groups in total. The number of rotatable bonds is 4. The maximum atomic E-state index is 12.9. The summed E-state index contributed by atoms with van der Waals surface area (Å²) in [6, 6.07) is 10.2. The van der Waals surface area contributed by atoms with Gasteiger partial charge in [0.25, 0.3) is 0 Å². The number of amides is 2. The molecule has 2 aromatic rings. The Balaban J connectivity index is 1.55. The fraction of sp³-hybridized carbons (Fsp3) is 0.286. The van der Waals surface area contributed by atoms with Gasteiger partial charge in [-0.3, -0.25) is 14.4 Å². The average molecular weight is 407 g/mol. The van der Waals surface area contributed by atoms with Gasteiger partial charge in [0.05, 0.1) is 16.5 Å². The molecule has 2 heterocycles. The predicted molar refractivity (Wildman–Crippen MR) is 105 cm³/mol. The van der Waals surface area contributed by atoms with Crippen molar-refractivity contribution < 1.29 is 19.1 Å². The number of ether oxygens (including phenoxy) is 1. The summed E-state index contributed by atoms with van der Waals surface area (Å²) in [5, 5.41) is 9.33. The number of carbonyl (C=O) groups is 3. The van der Waals surface area contributed by atoms with Crippen molar-refractivity contribution in [3.05, 3.63) is 47.2 Å². The van der Waals surface area contributed by atoms with E-state index in [0.717, 1.165) is 35.4 Å². The molecule has 1 fully saturated rings. The Morgan fingerprint density at radius 3 is 2.72 bits per heavy atom. The van der Waals surface area contributed by atoms with Crippen LogP contribution in [0.1, 0.15) is 36.6 Å². The molecule has 0 spiro atoms. The van der Waals surface area contributed by atoms with Gasteiger partial charge in [0.15, 0.2) is 0 Å². The van der Waals surface area contributed by atoms with E-state index >= 15 is 0 Å². The van der Waals surface area contributed by atoms with Gasteiger partial charge >= 0.3 is 5.97 Å². The van der Waals surface area contributed by atoms with E-state index < -0.39 is 11.2 Å². The van der Waals surface area contributed by atoms with Crippen LogP contribution in [0, 0.1) is 11.3 Å². The SMILES string of the molecule is CC(=O)Oc1ccc(N2C(=O)CC(Sc3nc4c(cc3C#N)CCC4)C2=O)cc1. The number of nitriles is 1. The number of nitrogens with zero attached hydrogens (tertiary/aromatic N) is 3. The summed E-state index contributed by atoms with van der Waals surface area (Å²) in [4.78, 5) is 42.2. The van der Waals surface area contributed by atoms with Crippen LogP contribution in [0.3, 0.4) is 0 Å². The molecule has 146 valence electrons. The van der Waals surface area contributed by atoms with E-state index in [0.29, 0.717) is 22.0 Å². The molecule has 4 rings (SSSR count). The number of pyridine rings is 1. The summed E-state index contributed by atoms with van der Waals surface area (Å²) in [6.07, 6.45) is 2.84. The minimum Gasteiger partial charge on any atom is -0.427 e. The molecule has 1 unspecified atom stereocenters. The monoisotopic (exact) mass is 407 g/mol. The van der Waals surface area contributed by atoms with Crippen LogP contribution >= 0.6 is 11.8 Å². The molecule has 1 aromatic carbocycles. The lowest BCUT2D eigenvalue weighted by Gasteiger charge is -2.15. The van der Waals surface area contributed by atoms with E-state index in [1.54, 1.807) is 12.1 Å². The third-order valence-electron chi connectivity index (χ3n) is 4.85. The van der Waals surface area contributed by atoms with Crippen LogP contribution in [-0.4, -0.2) is 28.0 Å². The molecule has 1 saturated heterocycles. The third kappa shape index (κ3) is 3.74. The Bertz CT molecular complexity index is 1060. The van der Waals surface area contributed by atoms with E-state index in [-0.39, 0.29) is 18.2 Å². The van der Waals surface area contributed by atoms with Crippen LogP contribution in [0.5, 0.6) is 5.75 Å². The van der Waals surface area contributed by atoms with Crippen molar-refractivity contribution in [2.75, 3.05) is 4.90 Å². The van der Waals surface area contributed by atoms with Crippen molar-refractivity contribution in [3.63, 3.8) is 0 Å². The minimum absolute atomic E-state index is 0.0405.